The fourth-order valence-corrected chi connectivity index (χ4v) is 10.1. The van der Waals surface area contributed by atoms with Crippen LogP contribution in [0.25, 0.3) is 10.4 Å². The van der Waals surface area contributed by atoms with Crippen LogP contribution in [0.2, 0.25) is 5.04 Å². The van der Waals surface area contributed by atoms with E-state index in [2.05, 4.69) is 55.1 Å². The van der Waals surface area contributed by atoms with E-state index in [1.165, 1.54) is 0 Å². The first kappa shape index (κ1) is 31.1. The lowest BCUT2D eigenvalue weighted by Gasteiger charge is -2.45. The zero-order chi connectivity index (χ0) is 29.3. The maximum Gasteiger partial charge on any atom is 0.265 e. The number of halogens is 3. The molecule has 0 radical (unpaired) electrons. The van der Waals surface area contributed by atoms with Crippen molar-refractivity contribution >= 4 is 59.4 Å². The zero-order valence-corrected chi connectivity index (χ0v) is 26.2. The molecule has 40 heavy (non-hydrogen) atoms. The number of nitrogens with zero attached hydrogens (tertiary/aromatic N) is 3. The molecule has 2 fully saturated rings. The Hall–Kier alpha value is -1.85. The first-order chi connectivity index (χ1) is 18.7. The molecule has 0 aromatic heterocycles. The SMILES string of the molecule is CC1(C)O[C@@H]2[C@@H](N=[N+]=[N-])[C@H](OC(=N)C(Cl)(Cl)Cl)O[C@H](CO[Si](c3ccccc3)(c3ccccc3)C(C)(C)C)[C@@H]2O1. The topological polar surface area (TPSA) is 119 Å². The summed E-state index contributed by atoms with van der Waals surface area (Å²) in [5, 5.41) is 13.9. The average Bonchev–Trinajstić information content (AvgIpc) is 3.21. The monoisotopic (exact) mass is 626 g/mol. The summed E-state index contributed by atoms with van der Waals surface area (Å²) in [6.07, 6.45) is -3.44. The van der Waals surface area contributed by atoms with Crippen molar-refractivity contribution in [2.45, 2.75) is 79.9 Å². The Morgan fingerprint density at radius 3 is 2.00 bits per heavy atom. The number of hydrogen-bond donors (Lipinski definition) is 1. The van der Waals surface area contributed by atoms with Gasteiger partial charge in [-0.1, -0.05) is 121 Å². The van der Waals surface area contributed by atoms with E-state index in [0.29, 0.717) is 0 Å². The van der Waals surface area contributed by atoms with Gasteiger partial charge in [0.1, 0.15) is 24.4 Å². The van der Waals surface area contributed by atoms with Gasteiger partial charge >= 0.3 is 0 Å². The summed E-state index contributed by atoms with van der Waals surface area (Å²) in [5.41, 5.74) is 9.30. The Labute approximate surface area is 250 Å². The first-order valence-corrected chi connectivity index (χ1v) is 15.9. The van der Waals surface area contributed by atoms with Gasteiger partial charge in [-0.15, -0.1) is 0 Å². The van der Waals surface area contributed by atoms with Crippen LogP contribution in [0, 0.1) is 5.41 Å². The third-order valence-electron chi connectivity index (χ3n) is 7.01. The molecule has 2 saturated heterocycles. The largest absolute Gasteiger partial charge is 0.448 e. The van der Waals surface area contributed by atoms with Gasteiger partial charge in [0, 0.05) is 4.91 Å². The third-order valence-corrected chi connectivity index (χ3v) is 12.5. The number of azide groups is 1. The summed E-state index contributed by atoms with van der Waals surface area (Å²) in [7, 11) is -2.93. The molecule has 0 spiro atoms. The van der Waals surface area contributed by atoms with Crippen LogP contribution in [0.3, 0.4) is 0 Å². The standard InChI is InChI=1S/C27H33Cl3N4O5Si/c1-25(2,3)40(17-12-8-6-9-13-17,18-14-10-7-11-15-18)35-16-19-21-22(39-26(4,5)38-21)20(33-34-32)23(36-19)37-24(31)27(28,29)30/h6-15,19-23,31H,16H2,1-5H3/t19-,20-,21+,22-,23+/m1/s1. The second-order valence-electron chi connectivity index (χ2n) is 11.2. The zero-order valence-electron chi connectivity index (χ0n) is 22.9. The lowest BCUT2D eigenvalue weighted by atomic mass is 9.98. The molecule has 0 bridgehead atoms. The van der Waals surface area contributed by atoms with Gasteiger partial charge in [0.2, 0.25) is 12.2 Å². The van der Waals surface area contributed by atoms with Crippen LogP contribution in [0.4, 0.5) is 0 Å². The molecule has 2 aliphatic heterocycles. The van der Waals surface area contributed by atoms with Crippen molar-refractivity contribution in [1.82, 2.24) is 0 Å². The van der Waals surface area contributed by atoms with Gasteiger partial charge in [0.05, 0.1) is 6.61 Å². The van der Waals surface area contributed by atoms with Gasteiger partial charge in [-0.3, -0.25) is 5.41 Å². The van der Waals surface area contributed by atoms with Gasteiger partial charge in [-0.2, -0.15) is 0 Å². The Kier molecular flexibility index (Phi) is 9.17. The molecule has 9 nitrogen and oxygen atoms in total. The van der Waals surface area contributed by atoms with E-state index in [0.717, 1.165) is 10.4 Å². The molecule has 2 heterocycles. The molecule has 0 saturated carbocycles. The quantitative estimate of drug-likeness (QED) is 0.0786. The van der Waals surface area contributed by atoms with Crippen LogP contribution in [0.5, 0.6) is 0 Å². The Morgan fingerprint density at radius 1 is 1.00 bits per heavy atom. The fourth-order valence-electron chi connectivity index (χ4n) is 5.42. The van der Waals surface area contributed by atoms with Crippen LogP contribution in [0.15, 0.2) is 65.8 Å². The number of fused-ring (bicyclic) bond motifs is 1. The molecule has 1 N–H and O–H groups in total. The Balaban J connectivity index is 1.74. The van der Waals surface area contributed by atoms with Crippen LogP contribution in [-0.2, 0) is 23.4 Å². The van der Waals surface area contributed by atoms with Crippen molar-refractivity contribution in [3.63, 3.8) is 0 Å². The van der Waals surface area contributed by atoms with Gasteiger partial charge in [-0.25, -0.2) is 0 Å². The second-order valence-corrected chi connectivity index (χ2v) is 17.8. The van der Waals surface area contributed by atoms with Crippen molar-refractivity contribution in [3.8, 4) is 0 Å². The summed E-state index contributed by atoms with van der Waals surface area (Å²) >= 11 is 17.6. The normalized spacial score (nSPS) is 26.4. The minimum Gasteiger partial charge on any atom is -0.448 e. The number of ether oxygens (including phenoxy) is 4. The average molecular weight is 628 g/mol. The van der Waals surface area contributed by atoms with E-state index in [1.807, 2.05) is 36.4 Å². The molecule has 2 aromatic rings. The number of alkyl halides is 3. The Bertz CT molecular complexity index is 1200. The highest BCUT2D eigenvalue weighted by molar-refractivity contribution is 6.99. The lowest BCUT2D eigenvalue weighted by molar-refractivity contribution is -0.219. The molecule has 4 rings (SSSR count). The van der Waals surface area contributed by atoms with Crippen LogP contribution in [-0.4, -0.2) is 61.0 Å². The number of benzene rings is 2. The number of nitrogens with one attached hydrogen (secondary N) is 1. The van der Waals surface area contributed by atoms with Crippen molar-refractivity contribution < 1.29 is 23.4 Å². The van der Waals surface area contributed by atoms with E-state index < -0.39 is 54.4 Å². The van der Waals surface area contributed by atoms with E-state index in [4.69, 9.17) is 63.6 Å². The number of rotatable bonds is 7. The van der Waals surface area contributed by atoms with Crippen LogP contribution < -0.4 is 10.4 Å². The highest BCUT2D eigenvalue weighted by Gasteiger charge is 2.58. The molecule has 13 heteroatoms. The summed E-state index contributed by atoms with van der Waals surface area (Å²) in [4.78, 5) is 2.94. The van der Waals surface area contributed by atoms with Gasteiger partial charge in [0.15, 0.2) is 5.79 Å². The molecule has 0 amide bonds. The van der Waals surface area contributed by atoms with Crippen molar-refractivity contribution in [1.29, 1.82) is 5.41 Å². The molecule has 5 atom stereocenters. The number of hydrogen-bond acceptors (Lipinski definition) is 7. The van der Waals surface area contributed by atoms with Crippen molar-refractivity contribution in [3.05, 3.63) is 71.1 Å². The predicted molar refractivity (Wildman–Crippen MR) is 158 cm³/mol. The van der Waals surface area contributed by atoms with Gasteiger partial charge in [0.25, 0.3) is 12.1 Å². The van der Waals surface area contributed by atoms with E-state index in [9.17, 15) is 5.53 Å². The molecular formula is C27H33Cl3N4O5Si. The van der Waals surface area contributed by atoms with Crippen LogP contribution in [0.1, 0.15) is 34.6 Å². The summed E-state index contributed by atoms with van der Waals surface area (Å²) in [6.45, 7) is 10.1. The fraction of sp³-hybridized carbons (Fsp3) is 0.519. The minimum atomic E-state index is -2.93. The van der Waals surface area contributed by atoms with E-state index in [1.54, 1.807) is 13.8 Å². The maximum atomic E-state index is 9.30. The predicted octanol–water partition coefficient (Wildman–Crippen LogP) is 5.85. The van der Waals surface area contributed by atoms with Crippen molar-refractivity contribution in [2.24, 2.45) is 5.11 Å². The highest BCUT2D eigenvalue weighted by atomic mass is 35.6. The lowest BCUT2D eigenvalue weighted by Crippen LogP contribution is -2.68. The van der Waals surface area contributed by atoms with Gasteiger partial charge in [-0.05, 0) is 34.8 Å². The van der Waals surface area contributed by atoms with E-state index >= 15 is 0 Å². The van der Waals surface area contributed by atoms with Gasteiger partial charge < -0.3 is 23.4 Å². The first-order valence-electron chi connectivity index (χ1n) is 12.8. The summed E-state index contributed by atoms with van der Waals surface area (Å²) in [5.74, 6) is -1.68. The molecule has 2 aliphatic rings. The molecule has 2 aromatic carbocycles. The Morgan fingerprint density at radius 2 is 1.52 bits per heavy atom. The maximum absolute atomic E-state index is 9.30. The molecular weight excluding hydrogens is 595 g/mol. The minimum absolute atomic E-state index is 0.0951. The summed E-state index contributed by atoms with van der Waals surface area (Å²) in [6, 6.07) is 19.4. The smallest absolute Gasteiger partial charge is 0.265 e. The highest BCUT2D eigenvalue weighted by Crippen LogP contribution is 2.42. The second kappa shape index (κ2) is 11.8. The molecule has 0 unspecified atom stereocenters. The van der Waals surface area contributed by atoms with Crippen LogP contribution >= 0.6 is 34.8 Å². The van der Waals surface area contributed by atoms with E-state index in [-0.39, 0.29) is 11.6 Å². The molecule has 0 aliphatic carbocycles. The molecule has 216 valence electrons. The third kappa shape index (κ3) is 6.31. The summed E-state index contributed by atoms with van der Waals surface area (Å²) < 4.78 is 29.2. The van der Waals surface area contributed by atoms with Crippen molar-refractivity contribution in [2.75, 3.05) is 6.61 Å².